The van der Waals surface area contributed by atoms with Crippen LogP contribution in [0.5, 0.6) is 11.5 Å². The number of rotatable bonds is 6. The number of hydrogen-bond acceptors (Lipinski definition) is 6. The van der Waals surface area contributed by atoms with E-state index in [1.54, 1.807) is 29.7 Å². The number of aryl methyl sites for hydroxylation is 1. The fourth-order valence-electron chi connectivity index (χ4n) is 3.00. The number of benzene rings is 2. The molecular formula is C21H22N2O5S. The van der Waals surface area contributed by atoms with E-state index in [-0.39, 0.29) is 19.1 Å². The molecule has 0 saturated carbocycles. The number of nitrogens with zero attached hydrogens (tertiary/aromatic N) is 2. The van der Waals surface area contributed by atoms with Crippen molar-refractivity contribution in [3.05, 3.63) is 52.3 Å². The van der Waals surface area contributed by atoms with Gasteiger partial charge in [0, 0.05) is 5.56 Å². The van der Waals surface area contributed by atoms with Crippen LogP contribution in [-0.2, 0) is 16.1 Å². The summed E-state index contributed by atoms with van der Waals surface area (Å²) in [6.07, 6.45) is 0. The van der Waals surface area contributed by atoms with Crippen LogP contribution in [0.25, 0.3) is 10.2 Å². The SMILES string of the molecule is CCOC(=O)Cn1c(=NC(=O)c2ccc(OC)c(OC)c2)sc2cccc(C)c21. The number of amides is 1. The highest BCUT2D eigenvalue weighted by atomic mass is 32.1. The van der Waals surface area contributed by atoms with Crippen molar-refractivity contribution < 1.29 is 23.8 Å². The molecule has 8 heteroatoms. The Morgan fingerprint density at radius 3 is 2.55 bits per heavy atom. The van der Waals surface area contributed by atoms with E-state index in [2.05, 4.69) is 4.99 Å². The van der Waals surface area contributed by atoms with Gasteiger partial charge in [-0.2, -0.15) is 4.99 Å². The van der Waals surface area contributed by atoms with Crippen LogP contribution < -0.4 is 14.3 Å². The number of carbonyl (C=O) groups excluding carboxylic acids is 2. The highest BCUT2D eigenvalue weighted by Gasteiger charge is 2.15. The zero-order valence-electron chi connectivity index (χ0n) is 16.7. The van der Waals surface area contributed by atoms with Crippen LogP contribution in [0.2, 0.25) is 0 Å². The molecule has 1 aromatic heterocycles. The van der Waals surface area contributed by atoms with Gasteiger partial charge >= 0.3 is 5.97 Å². The van der Waals surface area contributed by atoms with E-state index in [1.807, 2.05) is 25.1 Å². The van der Waals surface area contributed by atoms with E-state index >= 15 is 0 Å². The molecule has 0 saturated heterocycles. The van der Waals surface area contributed by atoms with E-state index in [0.717, 1.165) is 15.8 Å². The number of fused-ring (bicyclic) bond motifs is 1. The van der Waals surface area contributed by atoms with Crippen LogP contribution in [0.3, 0.4) is 0 Å². The maximum Gasteiger partial charge on any atom is 0.326 e. The first-order valence-electron chi connectivity index (χ1n) is 9.04. The summed E-state index contributed by atoms with van der Waals surface area (Å²) in [5.41, 5.74) is 2.21. The number of aromatic nitrogens is 1. The Hall–Kier alpha value is -3.13. The number of hydrogen-bond donors (Lipinski definition) is 0. The molecule has 0 aliphatic carbocycles. The molecule has 0 fully saturated rings. The Balaban J connectivity index is 2.10. The maximum atomic E-state index is 12.8. The summed E-state index contributed by atoms with van der Waals surface area (Å²) in [6, 6.07) is 10.7. The van der Waals surface area contributed by atoms with Crippen molar-refractivity contribution in [2.24, 2.45) is 4.99 Å². The summed E-state index contributed by atoms with van der Waals surface area (Å²) in [5.74, 6) is 0.155. The molecule has 2 aromatic carbocycles. The van der Waals surface area contributed by atoms with E-state index in [9.17, 15) is 9.59 Å². The summed E-state index contributed by atoms with van der Waals surface area (Å²) < 4.78 is 18.2. The first-order chi connectivity index (χ1) is 14.0. The highest BCUT2D eigenvalue weighted by Crippen LogP contribution is 2.28. The molecule has 0 unspecified atom stereocenters. The van der Waals surface area contributed by atoms with Gasteiger partial charge in [0.05, 0.1) is 31.0 Å². The minimum absolute atomic E-state index is 0.0171. The van der Waals surface area contributed by atoms with Crippen molar-refractivity contribution in [3.8, 4) is 11.5 Å². The van der Waals surface area contributed by atoms with Gasteiger partial charge in [0.2, 0.25) is 0 Å². The lowest BCUT2D eigenvalue weighted by Crippen LogP contribution is -2.23. The normalized spacial score (nSPS) is 11.5. The predicted molar refractivity (Wildman–Crippen MR) is 111 cm³/mol. The lowest BCUT2D eigenvalue weighted by atomic mass is 10.2. The van der Waals surface area contributed by atoms with Crippen LogP contribution in [0.4, 0.5) is 0 Å². The summed E-state index contributed by atoms with van der Waals surface area (Å²) in [5, 5.41) is 0. The number of para-hydroxylation sites is 1. The van der Waals surface area contributed by atoms with Gasteiger partial charge in [-0.15, -0.1) is 0 Å². The van der Waals surface area contributed by atoms with Gasteiger partial charge in [0.1, 0.15) is 6.54 Å². The maximum absolute atomic E-state index is 12.8. The van der Waals surface area contributed by atoms with Gasteiger partial charge in [-0.25, -0.2) is 0 Å². The second-order valence-electron chi connectivity index (χ2n) is 6.18. The van der Waals surface area contributed by atoms with Crippen LogP contribution in [0, 0.1) is 6.92 Å². The predicted octanol–water partition coefficient (Wildman–Crippen LogP) is 3.33. The van der Waals surface area contributed by atoms with Crippen LogP contribution in [0.1, 0.15) is 22.8 Å². The summed E-state index contributed by atoms with van der Waals surface area (Å²) in [4.78, 5) is 29.7. The molecule has 3 rings (SSSR count). The molecule has 0 N–H and O–H groups in total. The average Bonchev–Trinajstić information content (AvgIpc) is 3.05. The monoisotopic (exact) mass is 414 g/mol. The Labute approximate surface area is 172 Å². The van der Waals surface area contributed by atoms with Crippen molar-refractivity contribution in [2.75, 3.05) is 20.8 Å². The molecule has 0 spiro atoms. The van der Waals surface area contributed by atoms with Gasteiger partial charge in [-0.3, -0.25) is 9.59 Å². The van der Waals surface area contributed by atoms with Crippen molar-refractivity contribution in [1.29, 1.82) is 0 Å². The average molecular weight is 414 g/mol. The lowest BCUT2D eigenvalue weighted by Gasteiger charge is -2.08. The largest absolute Gasteiger partial charge is 0.493 e. The van der Waals surface area contributed by atoms with Gasteiger partial charge < -0.3 is 18.8 Å². The lowest BCUT2D eigenvalue weighted by molar-refractivity contribution is -0.143. The fraction of sp³-hybridized carbons (Fsp3) is 0.286. The minimum atomic E-state index is -0.437. The topological polar surface area (TPSA) is 79.1 Å². The van der Waals surface area contributed by atoms with E-state index in [1.165, 1.54) is 25.6 Å². The van der Waals surface area contributed by atoms with Gasteiger partial charge in [-0.1, -0.05) is 23.5 Å². The number of methoxy groups -OCH3 is 2. The Kier molecular flexibility index (Phi) is 6.33. The molecule has 3 aromatic rings. The number of ether oxygens (including phenoxy) is 3. The Morgan fingerprint density at radius 1 is 1.10 bits per heavy atom. The molecular weight excluding hydrogens is 392 g/mol. The smallest absolute Gasteiger partial charge is 0.326 e. The third-order valence-electron chi connectivity index (χ3n) is 4.32. The zero-order valence-corrected chi connectivity index (χ0v) is 17.5. The highest BCUT2D eigenvalue weighted by molar-refractivity contribution is 7.16. The standard InChI is InChI=1S/C21H22N2O5S/c1-5-28-18(24)12-23-19-13(2)7-6-8-17(19)29-21(23)22-20(25)14-9-10-15(26-3)16(11-14)27-4/h6-11H,5,12H2,1-4H3. The first kappa shape index (κ1) is 20.6. The number of thiazole rings is 1. The third-order valence-corrected chi connectivity index (χ3v) is 5.37. The zero-order chi connectivity index (χ0) is 21.0. The Morgan fingerprint density at radius 2 is 1.86 bits per heavy atom. The summed E-state index contributed by atoms with van der Waals surface area (Å²) in [6.45, 7) is 3.98. The van der Waals surface area contributed by atoms with Crippen molar-refractivity contribution in [2.45, 2.75) is 20.4 Å². The van der Waals surface area contributed by atoms with E-state index < -0.39 is 5.91 Å². The van der Waals surface area contributed by atoms with Gasteiger partial charge in [0.15, 0.2) is 16.3 Å². The molecule has 152 valence electrons. The van der Waals surface area contributed by atoms with Crippen molar-refractivity contribution >= 4 is 33.4 Å². The molecule has 7 nitrogen and oxygen atoms in total. The second kappa shape index (κ2) is 8.91. The minimum Gasteiger partial charge on any atom is -0.493 e. The van der Waals surface area contributed by atoms with Crippen LogP contribution in [-0.4, -0.2) is 37.3 Å². The third kappa shape index (κ3) is 4.32. The van der Waals surface area contributed by atoms with Crippen LogP contribution in [0.15, 0.2) is 41.4 Å². The Bertz CT molecular complexity index is 1130. The molecule has 0 aliphatic heterocycles. The molecule has 1 amide bonds. The molecule has 0 bridgehead atoms. The van der Waals surface area contributed by atoms with Crippen LogP contribution >= 0.6 is 11.3 Å². The number of carbonyl (C=O) groups is 2. The molecule has 29 heavy (non-hydrogen) atoms. The fourth-order valence-corrected chi connectivity index (χ4v) is 4.10. The second-order valence-corrected chi connectivity index (χ2v) is 7.19. The first-order valence-corrected chi connectivity index (χ1v) is 9.85. The molecule has 0 aliphatic rings. The molecule has 0 atom stereocenters. The van der Waals surface area contributed by atoms with Crippen molar-refractivity contribution in [1.82, 2.24) is 4.57 Å². The molecule has 0 radical (unpaired) electrons. The van der Waals surface area contributed by atoms with Crippen molar-refractivity contribution in [3.63, 3.8) is 0 Å². The summed E-state index contributed by atoms with van der Waals surface area (Å²) >= 11 is 1.35. The summed E-state index contributed by atoms with van der Waals surface area (Å²) in [7, 11) is 3.03. The number of esters is 1. The molecule has 1 heterocycles. The van der Waals surface area contributed by atoms with E-state index in [4.69, 9.17) is 14.2 Å². The van der Waals surface area contributed by atoms with Gasteiger partial charge in [-0.05, 0) is 43.7 Å². The van der Waals surface area contributed by atoms with E-state index in [0.29, 0.717) is 21.9 Å². The quantitative estimate of drug-likeness (QED) is 0.578. The van der Waals surface area contributed by atoms with Gasteiger partial charge in [0.25, 0.3) is 5.91 Å².